The second kappa shape index (κ2) is 9.20. The van der Waals surface area contributed by atoms with Crippen LogP contribution in [0.25, 0.3) is 0 Å². The molecule has 0 aromatic rings. The minimum absolute atomic E-state index is 0.0175. The Hall–Kier alpha value is -1.10. The summed E-state index contributed by atoms with van der Waals surface area (Å²) in [6.07, 6.45) is 5.38. The van der Waals surface area contributed by atoms with Gasteiger partial charge < -0.3 is 10.2 Å². The van der Waals surface area contributed by atoms with Gasteiger partial charge in [-0.1, -0.05) is 47.5 Å². The lowest BCUT2D eigenvalue weighted by Gasteiger charge is -2.41. The highest BCUT2D eigenvalue weighted by Crippen LogP contribution is 2.31. The smallest absolute Gasteiger partial charge is 0.237 e. The van der Waals surface area contributed by atoms with Crippen molar-refractivity contribution >= 4 is 11.8 Å². The molecule has 0 radical (unpaired) electrons. The number of rotatable bonds is 6. The van der Waals surface area contributed by atoms with Crippen LogP contribution in [0.15, 0.2) is 0 Å². The molecule has 0 spiro atoms. The van der Waals surface area contributed by atoms with E-state index in [-0.39, 0.29) is 23.3 Å². The van der Waals surface area contributed by atoms with Gasteiger partial charge in [-0.2, -0.15) is 0 Å². The van der Waals surface area contributed by atoms with Gasteiger partial charge in [0.15, 0.2) is 0 Å². The van der Waals surface area contributed by atoms with E-state index in [4.69, 9.17) is 0 Å². The van der Waals surface area contributed by atoms with Crippen LogP contribution < -0.4 is 5.32 Å². The molecular formula is C21H39N3O2. The van der Waals surface area contributed by atoms with Crippen LogP contribution in [0.1, 0.15) is 66.7 Å². The van der Waals surface area contributed by atoms with Gasteiger partial charge in [0.05, 0.1) is 6.04 Å². The zero-order valence-electron chi connectivity index (χ0n) is 17.5. The van der Waals surface area contributed by atoms with E-state index in [0.29, 0.717) is 18.3 Å². The molecule has 0 unspecified atom stereocenters. The number of piperazine rings is 1. The van der Waals surface area contributed by atoms with Gasteiger partial charge in [-0.3, -0.25) is 14.5 Å². The van der Waals surface area contributed by atoms with Gasteiger partial charge in [-0.05, 0) is 30.1 Å². The largest absolute Gasteiger partial charge is 0.354 e. The molecule has 1 saturated heterocycles. The molecule has 1 atom stereocenters. The lowest BCUT2D eigenvalue weighted by molar-refractivity contribution is -0.136. The lowest BCUT2D eigenvalue weighted by atomic mass is 9.91. The maximum atomic E-state index is 12.9. The lowest BCUT2D eigenvalue weighted by Crippen LogP contribution is -2.58. The highest BCUT2D eigenvalue weighted by atomic mass is 16.2. The van der Waals surface area contributed by atoms with Crippen molar-refractivity contribution in [3.63, 3.8) is 0 Å². The number of nitrogens with one attached hydrogen (secondary N) is 1. The zero-order chi connectivity index (χ0) is 19.3. The first-order valence-electron chi connectivity index (χ1n) is 10.5. The topological polar surface area (TPSA) is 52.7 Å². The summed E-state index contributed by atoms with van der Waals surface area (Å²) < 4.78 is 0. The summed E-state index contributed by atoms with van der Waals surface area (Å²) in [5.41, 5.74) is 0.0251. The van der Waals surface area contributed by atoms with E-state index in [9.17, 15) is 9.59 Å². The molecule has 1 N–H and O–H groups in total. The summed E-state index contributed by atoms with van der Waals surface area (Å²) in [4.78, 5) is 29.7. The predicted octanol–water partition coefficient (Wildman–Crippen LogP) is 2.90. The summed E-state index contributed by atoms with van der Waals surface area (Å²) >= 11 is 0. The summed E-state index contributed by atoms with van der Waals surface area (Å²) in [5, 5.41) is 3.16. The standard InChI is InChI=1S/C21H39N3O2/c1-16(2)15-22-20(26)19(17-8-6-7-9-17)24-12-10-23(11-13-24)18(25)14-21(3,4)5/h16-17,19H,6-15H2,1-5H3,(H,22,26)/t19-/m1/s1. The third-order valence-electron chi connectivity index (χ3n) is 5.54. The first kappa shape index (κ1) is 21.2. The van der Waals surface area contributed by atoms with Crippen molar-refractivity contribution in [3.05, 3.63) is 0 Å². The van der Waals surface area contributed by atoms with Crippen LogP contribution in [-0.4, -0.2) is 60.4 Å². The molecule has 0 aromatic heterocycles. The number of amides is 2. The maximum absolute atomic E-state index is 12.9. The van der Waals surface area contributed by atoms with Crippen LogP contribution in [-0.2, 0) is 9.59 Å². The molecule has 1 aliphatic carbocycles. The molecule has 5 heteroatoms. The van der Waals surface area contributed by atoms with E-state index < -0.39 is 0 Å². The minimum Gasteiger partial charge on any atom is -0.354 e. The number of hydrogen-bond donors (Lipinski definition) is 1. The molecule has 2 fully saturated rings. The molecule has 2 rings (SSSR count). The molecule has 2 amide bonds. The Labute approximate surface area is 159 Å². The summed E-state index contributed by atoms with van der Waals surface area (Å²) in [6, 6.07) is -0.0175. The summed E-state index contributed by atoms with van der Waals surface area (Å²) in [5.74, 6) is 1.38. The Morgan fingerprint density at radius 3 is 2.12 bits per heavy atom. The van der Waals surface area contributed by atoms with Gasteiger partial charge in [0, 0.05) is 39.1 Å². The van der Waals surface area contributed by atoms with Gasteiger partial charge in [-0.15, -0.1) is 0 Å². The van der Waals surface area contributed by atoms with E-state index in [1.165, 1.54) is 12.8 Å². The third kappa shape index (κ3) is 6.26. The van der Waals surface area contributed by atoms with E-state index in [1.807, 2.05) is 4.90 Å². The van der Waals surface area contributed by atoms with Crippen LogP contribution in [0.2, 0.25) is 0 Å². The van der Waals surface area contributed by atoms with Crippen LogP contribution in [0.5, 0.6) is 0 Å². The summed E-state index contributed by atoms with van der Waals surface area (Å²) in [7, 11) is 0. The number of nitrogens with zero attached hydrogens (tertiary/aromatic N) is 2. The van der Waals surface area contributed by atoms with E-state index >= 15 is 0 Å². The monoisotopic (exact) mass is 365 g/mol. The van der Waals surface area contributed by atoms with Crippen LogP contribution in [0, 0.1) is 17.3 Å². The van der Waals surface area contributed by atoms with Crippen molar-refractivity contribution < 1.29 is 9.59 Å². The number of carbonyl (C=O) groups excluding carboxylic acids is 2. The van der Waals surface area contributed by atoms with Gasteiger partial charge in [0.2, 0.25) is 11.8 Å². The van der Waals surface area contributed by atoms with Crippen molar-refractivity contribution in [2.24, 2.45) is 17.3 Å². The van der Waals surface area contributed by atoms with E-state index in [2.05, 4.69) is 44.8 Å². The van der Waals surface area contributed by atoms with Gasteiger partial charge in [-0.25, -0.2) is 0 Å². The Balaban J connectivity index is 1.95. The fourth-order valence-corrected chi connectivity index (χ4v) is 4.18. The van der Waals surface area contributed by atoms with Crippen molar-refractivity contribution in [1.82, 2.24) is 15.1 Å². The highest BCUT2D eigenvalue weighted by molar-refractivity contribution is 5.82. The highest BCUT2D eigenvalue weighted by Gasteiger charge is 2.37. The first-order valence-corrected chi connectivity index (χ1v) is 10.5. The molecule has 150 valence electrons. The van der Waals surface area contributed by atoms with Crippen molar-refractivity contribution in [2.75, 3.05) is 32.7 Å². The molecule has 1 aliphatic heterocycles. The Bertz CT molecular complexity index is 470. The summed E-state index contributed by atoms with van der Waals surface area (Å²) in [6.45, 7) is 14.4. The molecule has 0 aromatic carbocycles. The average Bonchev–Trinajstić information content (AvgIpc) is 3.06. The molecule has 2 aliphatic rings. The molecule has 1 saturated carbocycles. The maximum Gasteiger partial charge on any atom is 0.237 e. The normalized spacial score (nSPS) is 21.2. The Morgan fingerprint density at radius 2 is 1.62 bits per heavy atom. The quantitative estimate of drug-likeness (QED) is 0.787. The van der Waals surface area contributed by atoms with E-state index in [0.717, 1.165) is 45.6 Å². The van der Waals surface area contributed by atoms with Gasteiger partial charge in [0.25, 0.3) is 0 Å². The molecule has 1 heterocycles. The molecule has 5 nitrogen and oxygen atoms in total. The van der Waals surface area contributed by atoms with Crippen LogP contribution in [0.4, 0.5) is 0 Å². The number of hydrogen-bond acceptors (Lipinski definition) is 3. The second-order valence-corrected chi connectivity index (χ2v) is 9.78. The molecule has 26 heavy (non-hydrogen) atoms. The van der Waals surface area contributed by atoms with Crippen molar-refractivity contribution in [3.8, 4) is 0 Å². The molecule has 0 bridgehead atoms. The van der Waals surface area contributed by atoms with Crippen molar-refractivity contribution in [1.29, 1.82) is 0 Å². The SMILES string of the molecule is CC(C)CNC(=O)[C@@H](C1CCCC1)N1CCN(C(=O)CC(C)(C)C)CC1. The average molecular weight is 366 g/mol. The van der Waals surface area contributed by atoms with Crippen molar-refractivity contribution in [2.45, 2.75) is 72.8 Å². The van der Waals surface area contributed by atoms with Gasteiger partial charge in [0.1, 0.15) is 0 Å². The zero-order valence-corrected chi connectivity index (χ0v) is 17.5. The first-order chi connectivity index (χ1) is 12.2. The predicted molar refractivity (Wildman–Crippen MR) is 106 cm³/mol. The minimum atomic E-state index is -0.0175. The second-order valence-electron chi connectivity index (χ2n) is 9.78. The fourth-order valence-electron chi connectivity index (χ4n) is 4.18. The Kier molecular flexibility index (Phi) is 7.51. The fraction of sp³-hybridized carbons (Fsp3) is 0.905. The van der Waals surface area contributed by atoms with E-state index in [1.54, 1.807) is 0 Å². The van der Waals surface area contributed by atoms with Crippen LogP contribution in [0.3, 0.4) is 0 Å². The third-order valence-corrected chi connectivity index (χ3v) is 5.54. The number of carbonyl (C=O) groups is 2. The Morgan fingerprint density at radius 1 is 1.04 bits per heavy atom. The van der Waals surface area contributed by atoms with Gasteiger partial charge >= 0.3 is 0 Å². The van der Waals surface area contributed by atoms with Crippen LogP contribution >= 0.6 is 0 Å². The molecular weight excluding hydrogens is 326 g/mol.